The van der Waals surface area contributed by atoms with E-state index in [1.807, 2.05) is 26.0 Å². The summed E-state index contributed by atoms with van der Waals surface area (Å²) < 4.78 is 4.96. The summed E-state index contributed by atoms with van der Waals surface area (Å²) in [5, 5.41) is 0. The van der Waals surface area contributed by atoms with Gasteiger partial charge in [-0.25, -0.2) is 0 Å². The topological polar surface area (TPSA) is 59.5 Å². The van der Waals surface area contributed by atoms with Crippen molar-refractivity contribution in [2.75, 3.05) is 19.7 Å². The van der Waals surface area contributed by atoms with E-state index < -0.39 is 0 Å². The zero-order valence-electron chi connectivity index (χ0n) is 11.5. The Morgan fingerprint density at radius 2 is 1.84 bits per heavy atom. The number of likely N-dealkylation sites (N-methyl/N-ethyl adjacent to an activating group) is 1. The van der Waals surface area contributed by atoms with Gasteiger partial charge in [0.1, 0.15) is 0 Å². The van der Waals surface area contributed by atoms with Crippen molar-refractivity contribution in [3.8, 4) is 0 Å². The number of aryl methyl sites for hydroxylation is 1. The lowest BCUT2D eigenvalue weighted by atomic mass is 10.1. The van der Waals surface area contributed by atoms with Gasteiger partial charge in [-0.2, -0.15) is 0 Å². The van der Waals surface area contributed by atoms with Crippen LogP contribution in [0.4, 0.5) is 0 Å². The van der Waals surface area contributed by atoms with Crippen LogP contribution in [-0.2, 0) is 20.7 Å². The number of pyridine rings is 1. The molecule has 0 aliphatic rings. The molecule has 0 saturated carbocycles. The lowest BCUT2D eigenvalue weighted by Gasteiger charge is -2.18. The third-order valence-corrected chi connectivity index (χ3v) is 2.84. The number of rotatable bonds is 7. The Hall–Kier alpha value is -1.91. The first-order chi connectivity index (χ1) is 9.17. The number of carbonyl (C=O) groups excluding carboxylic acids is 2. The van der Waals surface area contributed by atoms with Gasteiger partial charge in [-0.15, -0.1) is 0 Å². The molecule has 19 heavy (non-hydrogen) atoms. The molecule has 1 amide bonds. The van der Waals surface area contributed by atoms with Gasteiger partial charge in [-0.1, -0.05) is 0 Å². The minimum absolute atomic E-state index is 0.151. The standard InChI is InChI=1S/C14H20N2O3/c1-3-16(4-2)13(17)11-19-14(18)6-5-12-7-9-15-10-8-12/h7-10H,3-6,11H2,1-2H3. The molecule has 0 aliphatic heterocycles. The Kier molecular flexibility index (Phi) is 6.57. The van der Waals surface area contributed by atoms with Gasteiger partial charge in [0.15, 0.2) is 6.61 Å². The lowest BCUT2D eigenvalue weighted by molar-refractivity contribution is -0.151. The van der Waals surface area contributed by atoms with Crippen LogP contribution in [0, 0.1) is 0 Å². The van der Waals surface area contributed by atoms with E-state index in [9.17, 15) is 9.59 Å². The molecule has 5 heteroatoms. The molecule has 0 atom stereocenters. The number of carbonyl (C=O) groups is 2. The molecule has 0 bridgehead atoms. The zero-order valence-corrected chi connectivity index (χ0v) is 11.5. The van der Waals surface area contributed by atoms with Gasteiger partial charge in [0.25, 0.3) is 5.91 Å². The minimum Gasteiger partial charge on any atom is -0.456 e. The highest BCUT2D eigenvalue weighted by atomic mass is 16.5. The second kappa shape index (κ2) is 8.24. The molecular formula is C14H20N2O3. The number of ether oxygens (including phenoxy) is 1. The number of hydrogen-bond acceptors (Lipinski definition) is 4. The van der Waals surface area contributed by atoms with Crippen molar-refractivity contribution in [3.05, 3.63) is 30.1 Å². The van der Waals surface area contributed by atoms with E-state index in [4.69, 9.17) is 4.74 Å². The predicted octanol–water partition coefficient (Wildman–Crippen LogP) is 1.43. The Bertz CT molecular complexity index is 402. The molecule has 0 N–H and O–H groups in total. The van der Waals surface area contributed by atoms with E-state index in [1.54, 1.807) is 17.3 Å². The third-order valence-electron chi connectivity index (χ3n) is 2.84. The van der Waals surface area contributed by atoms with Crippen molar-refractivity contribution in [1.82, 2.24) is 9.88 Å². The van der Waals surface area contributed by atoms with Crippen molar-refractivity contribution < 1.29 is 14.3 Å². The number of nitrogens with zero attached hydrogens (tertiary/aromatic N) is 2. The highest BCUT2D eigenvalue weighted by Gasteiger charge is 2.12. The van der Waals surface area contributed by atoms with Crippen LogP contribution in [0.25, 0.3) is 0 Å². The van der Waals surface area contributed by atoms with Gasteiger partial charge in [0.05, 0.1) is 0 Å². The zero-order chi connectivity index (χ0) is 14.1. The average Bonchev–Trinajstić information content (AvgIpc) is 2.45. The van der Waals surface area contributed by atoms with Crippen LogP contribution in [-0.4, -0.2) is 41.5 Å². The highest BCUT2D eigenvalue weighted by molar-refractivity contribution is 5.80. The summed E-state index contributed by atoms with van der Waals surface area (Å²) in [5.41, 5.74) is 1.03. The number of amides is 1. The first-order valence-corrected chi connectivity index (χ1v) is 6.49. The van der Waals surface area contributed by atoms with Gasteiger partial charge < -0.3 is 9.64 Å². The second-order valence-electron chi connectivity index (χ2n) is 4.08. The molecule has 1 aromatic rings. The molecule has 0 unspecified atom stereocenters. The Morgan fingerprint density at radius 1 is 1.21 bits per heavy atom. The molecule has 0 radical (unpaired) electrons. The van der Waals surface area contributed by atoms with Crippen LogP contribution >= 0.6 is 0 Å². The lowest BCUT2D eigenvalue weighted by Crippen LogP contribution is -2.34. The van der Waals surface area contributed by atoms with Crippen LogP contribution in [0.1, 0.15) is 25.8 Å². The first kappa shape index (κ1) is 15.1. The summed E-state index contributed by atoms with van der Waals surface area (Å²) in [6.07, 6.45) is 4.24. The van der Waals surface area contributed by atoms with Gasteiger partial charge in [0.2, 0.25) is 0 Å². The summed E-state index contributed by atoms with van der Waals surface area (Å²) >= 11 is 0. The maximum Gasteiger partial charge on any atom is 0.306 e. The molecule has 1 heterocycles. The molecule has 1 rings (SSSR count). The van der Waals surface area contributed by atoms with Crippen molar-refractivity contribution in [2.24, 2.45) is 0 Å². The first-order valence-electron chi connectivity index (χ1n) is 6.49. The van der Waals surface area contributed by atoms with Crippen LogP contribution in [0.2, 0.25) is 0 Å². The molecule has 0 fully saturated rings. The maximum atomic E-state index is 11.6. The maximum absolute atomic E-state index is 11.6. The molecule has 0 aliphatic carbocycles. The summed E-state index contributed by atoms with van der Waals surface area (Å²) in [6, 6.07) is 3.71. The molecule has 5 nitrogen and oxygen atoms in total. The van der Waals surface area contributed by atoms with Gasteiger partial charge >= 0.3 is 5.97 Å². The van der Waals surface area contributed by atoms with Crippen LogP contribution in [0.3, 0.4) is 0 Å². The average molecular weight is 264 g/mol. The minimum atomic E-state index is -0.350. The van der Waals surface area contributed by atoms with E-state index in [0.717, 1.165) is 5.56 Å². The fourth-order valence-corrected chi connectivity index (χ4v) is 1.68. The second-order valence-corrected chi connectivity index (χ2v) is 4.08. The fourth-order valence-electron chi connectivity index (χ4n) is 1.68. The van der Waals surface area contributed by atoms with Crippen molar-refractivity contribution in [3.63, 3.8) is 0 Å². The SMILES string of the molecule is CCN(CC)C(=O)COC(=O)CCc1ccncc1. The molecule has 1 aromatic heterocycles. The largest absolute Gasteiger partial charge is 0.456 e. The summed E-state index contributed by atoms with van der Waals surface area (Å²) in [4.78, 5) is 28.7. The fraction of sp³-hybridized carbons (Fsp3) is 0.500. The van der Waals surface area contributed by atoms with E-state index in [2.05, 4.69) is 4.98 Å². The predicted molar refractivity (Wildman–Crippen MR) is 71.4 cm³/mol. The van der Waals surface area contributed by atoms with Crippen LogP contribution in [0.15, 0.2) is 24.5 Å². The van der Waals surface area contributed by atoms with Gasteiger partial charge in [-0.05, 0) is 38.0 Å². The highest BCUT2D eigenvalue weighted by Crippen LogP contribution is 2.02. The van der Waals surface area contributed by atoms with Gasteiger partial charge in [-0.3, -0.25) is 14.6 Å². The van der Waals surface area contributed by atoms with Crippen LogP contribution < -0.4 is 0 Å². The normalized spacial score (nSPS) is 10.0. The number of esters is 1. The van der Waals surface area contributed by atoms with Crippen molar-refractivity contribution in [2.45, 2.75) is 26.7 Å². The third kappa shape index (κ3) is 5.50. The smallest absolute Gasteiger partial charge is 0.306 e. The summed E-state index contributed by atoms with van der Waals surface area (Å²) in [5.74, 6) is -0.500. The van der Waals surface area contributed by atoms with E-state index in [0.29, 0.717) is 19.5 Å². The van der Waals surface area contributed by atoms with E-state index in [-0.39, 0.29) is 24.9 Å². The molecule has 0 aromatic carbocycles. The van der Waals surface area contributed by atoms with Crippen LogP contribution in [0.5, 0.6) is 0 Å². The Morgan fingerprint density at radius 3 is 2.42 bits per heavy atom. The quantitative estimate of drug-likeness (QED) is 0.699. The van der Waals surface area contributed by atoms with Gasteiger partial charge in [0, 0.05) is 31.9 Å². The Balaban J connectivity index is 2.26. The molecule has 104 valence electrons. The van der Waals surface area contributed by atoms with Crippen molar-refractivity contribution >= 4 is 11.9 Å². The number of aromatic nitrogens is 1. The molecular weight excluding hydrogens is 244 g/mol. The molecule has 0 spiro atoms. The Labute approximate surface area is 113 Å². The monoisotopic (exact) mass is 264 g/mol. The van der Waals surface area contributed by atoms with Crippen molar-refractivity contribution in [1.29, 1.82) is 0 Å². The van der Waals surface area contributed by atoms with E-state index >= 15 is 0 Å². The molecule has 0 saturated heterocycles. The number of hydrogen-bond donors (Lipinski definition) is 0. The summed E-state index contributed by atoms with van der Waals surface area (Å²) in [6.45, 7) is 4.88. The van der Waals surface area contributed by atoms with E-state index in [1.165, 1.54) is 0 Å². The summed E-state index contributed by atoms with van der Waals surface area (Å²) in [7, 11) is 0.